The van der Waals surface area contributed by atoms with Crippen molar-refractivity contribution in [3.05, 3.63) is 28.7 Å². The van der Waals surface area contributed by atoms with Gasteiger partial charge in [0.2, 0.25) is 5.96 Å². The highest BCUT2D eigenvalue weighted by Gasteiger charge is 1.98. The fourth-order valence-electron chi connectivity index (χ4n) is 1.07. The van der Waals surface area contributed by atoms with Gasteiger partial charge in [-0.25, -0.2) is 5.84 Å². The summed E-state index contributed by atoms with van der Waals surface area (Å²) in [7, 11) is 0. The van der Waals surface area contributed by atoms with Crippen LogP contribution in [0.5, 0.6) is 0 Å². The quantitative estimate of drug-likeness (QED) is 0.346. The lowest BCUT2D eigenvalue weighted by atomic mass is 10.2. The Morgan fingerprint density at radius 2 is 2.00 bits per heavy atom. The topological polar surface area (TPSA) is 62.4 Å². The number of aliphatic imine (C=N–C) groups is 1. The number of anilines is 1. The Kier molecular flexibility index (Phi) is 5.28. The van der Waals surface area contributed by atoms with Crippen LogP contribution in [0, 0.1) is 5.92 Å². The second-order valence-electron chi connectivity index (χ2n) is 3.86. The molecule has 0 spiro atoms. The molecule has 0 aliphatic rings. The van der Waals surface area contributed by atoms with Crippen molar-refractivity contribution in [3.8, 4) is 0 Å². The third-order valence-electron chi connectivity index (χ3n) is 1.86. The second kappa shape index (κ2) is 6.50. The molecule has 0 heterocycles. The average molecular weight is 285 g/mol. The minimum Gasteiger partial charge on any atom is -0.325 e. The number of nitrogens with zero attached hydrogens (tertiary/aromatic N) is 1. The van der Waals surface area contributed by atoms with Crippen molar-refractivity contribution in [2.24, 2.45) is 16.8 Å². The van der Waals surface area contributed by atoms with E-state index in [0.29, 0.717) is 11.9 Å². The number of rotatable bonds is 3. The van der Waals surface area contributed by atoms with Crippen molar-refractivity contribution in [3.63, 3.8) is 0 Å². The van der Waals surface area contributed by atoms with E-state index in [1.54, 1.807) is 0 Å². The first kappa shape index (κ1) is 13.0. The van der Waals surface area contributed by atoms with E-state index >= 15 is 0 Å². The number of benzene rings is 1. The molecular formula is C11H17BrN4. The molecule has 4 nitrogen and oxygen atoms in total. The van der Waals surface area contributed by atoms with Crippen molar-refractivity contribution >= 4 is 27.6 Å². The van der Waals surface area contributed by atoms with Crippen LogP contribution < -0.4 is 16.6 Å². The molecule has 0 saturated heterocycles. The molecule has 0 unspecified atom stereocenters. The van der Waals surface area contributed by atoms with Gasteiger partial charge in [0, 0.05) is 16.7 Å². The number of hydrogen-bond acceptors (Lipinski definition) is 2. The van der Waals surface area contributed by atoms with Crippen LogP contribution in [0.25, 0.3) is 0 Å². The van der Waals surface area contributed by atoms with Crippen molar-refractivity contribution in [2.75, 3.05) is 11.9 Å². The van der Waals surface area contributed by atoms with E-state index in [4.69, 9.17) is 5.84 Å². The van der Waals surface area contributed by atoms with Crippen LogP contribution in [-0.2, 0) is 0 Å². The summed E-state index contributed by atoms with van der Waals surface area (Å²) < 4.78 is 1.04. The molecule has 0 bridgehead atoms. The van der Waals surface area contributed by atoms with Gasteiger partial charge >= 0.3 is 0 Å². The minimum absolute atomic E-state index is 0.509. The summed E-state index contributed by atoms with van der Waals surface area (Å²) in [5.74, 6) is 6.47. The minimum atomic E-state index is 0.509. The molecule has 4 N–H and O–H groups in total. The van der Waals surface area contributed by atoms with E-state index in [1.165, 1.54) is 0 Å². The van der Waals surface area contributed by atoms with Crippen LogP contribution in [0.1, 0.15) is 13.8 Å². The van der Waals surface area contributed by atoms with Gasteiger partial charge in [0.05, 0.1) is 0 Å². The molecule has 88 valence electrons. The van der Waals surface area contributed by atoms with E-state index in [0.717, 1.165) is 16.7 Å². The highest BCUT2D eigenvalue weighted by atomic mass is 79.9. The van der Waals surface area contributed by atoms with E-state index in [9.17, 15) is 0 Å². The van der Waals surface area contributed by atoms with Gasteiger partial charge in [0.1, 0.15) is 0 Å². The number of nitrogens with one attached hydrogen (secondary N) is 2. The maximum absolute atomic E-state index is 5.38. The number of nitrogens with two attached hydrogens (primary N) is 1. The standard InChI is InChI=1S/C11H17BrN4/c1-8(2)7-14-11(16-13)15-10-5-3-9(12)4-6-10/h3-6,8H,7,13H2,1-2H3,(H2,14,15,16). The maximum Gasteiger partial charge on any atom is 0.210 e. The Morgan fingerprint density at radius 3 is 2.50 bits per heavy atom. The van der Waals surface area contributed by atoms with Crippen molar-refractivity contribution in [1.29, 1.82) is 0 Å². The van der Waals surface area contributed by atoms with Crippen LogP contribution in [0.4, 0.5) is 5.69 Å². The van der Waals surface area contributed by atoms with Gasteiger partial charge in [-0.2, -0.15) is 0 Å². The fourth-order valence-corrected chi connectivity index (χ4v) is 1.33. The van der Waals surface area contributed by atoms with E-state index in [1.807, 2.05) is 24.3 Å². The molecule has 16 heavy (non-hydrogen) atoms. The van der Waals surface area contributed by atoms with Crippen LogP contribution in [0.15, 0.2) is 33.7 Å². The second-order valence-corrected chi connectivity index (χ2v) is 4.78. The first-order valence-corrected chi connectivity index (χ1v) is 5.94. The van der Waals surface area contributed by atoms with Crippen molar-refractivity contribution in [2.45, 2.75) is 13.8 Å². The molecule has 1 rings (SSSR count). The van der Waals surface area contributed by atoms with E-state index < -0.39 is 0 Å². The summed E-state index contributed by atoms with van der Waals surface area (Å²) in [6.45, 7) is 4.96. The Balaban J connectivity index is 2.62. The summed E-state index contributed by atoms with van der Waals surface area (Å²) in [5, 5.41) is 3.10. The molecule has 5 heteroatoms. The number of hydrogen-bond donors (Lipinski definition) is 3. The zero-order valence-corrected chi connectivity index (χ0v) is 11.1. The largest absolute Gasteiger partial charge is 0.325 e. The zero-order chi connectivity index (χ0) is 12.0. The van der Waals surface area contributed by atoms with Crippen molar-refractivity contribution < 1.29 is 0 Å². The van der Waals surface area contributed by atoms with Gasteiger partial charge in [-0.3, -0.25) is 10.4 Å². The Hall–Kier alpha value is -1.07. The molecule has 1 aromatic rings. The molecule has 0 atom stereocenters. The number of guanidine groups is 1. The molecule has 1 aromatic carbocycles. The molecule has 0 aliphatic carbocycles. The molecule has 0 amide bonds. The van der Waals surface area contributed by atoms with Gasteiger partial charge in [-0.05, 0) is 30.2 Å². The lowest BCUT2D eigenvalue weighted by Gasteiger charge is -2.09. The van der Waals surface area contributed by atoms with E-state index in [2.05, 4.69) is 45.5 Å². The average Bonchev–Trinajstić information content (AvgIpc) is 2.26. The van der Waals surface area contributed by atoms with Gasteiger partial charge in [-0.15, -0.1) is 0 Å². The predicted octanol–water partition coefficient (Wildman–Crippen LogP) is 2.34. The highest BCUT2D eigenvalue weighted by molar-refractivity contribution is 9.10. The van der Waals surface area contributed by atoms with Crippen LogP contribution in [0.2, 0.25) is 0 Å². The van der Waals surface area contributed by atoms with Crippen LogP contribution in [0.3, 0.4) is 0 Å². The SMILES string of the molecule is CC(C)CN=C(NN)Nc1ccc(Br)cc1. The summed E-state index contributed by atoms with van der Waals surface area (Å²) in [5.41, 5.74) is 3.50. The fraction of sp³-hybridized carbons (Fsp3) is 0.364. The van der Waals surface area contributed by atoms with Gasteiger partial charge in [0.25, 0.3) is 0 Å². The number of hydrazine groups is 1. The normalized spacial score (nSPS) is 11.7. The van der Waals surface area contributed by atoms with Gasteiger partial charge in [-0.1, -0.05) is 29.8 Å². The predicted molar refractivity (Wildman–Crippen MR) is 72.2 cm³/mol. The Morgan fingerprint density at radius 1 is 1.38 bits per heavy atom. The molecule has 0 aliphatic heterocycles. The van der Waals surface area contributed by atoms with Gasteiger partial charge in [0.15, 0.2) is 0 Å². The molecule has 0 fully saturated rings. The molecular weight excluding hydrogens is 268 g/mol. The first-order chi connectivity index (χ1) is 7.61. The monoisotopic (exact) mass is 284 g/mol. The zero-order valence-electron chi connectivity index (χ0n) is 9.50. The Labute approximate surface area is 104 Å². The Bertz CT molecular complexity index is 346. The number of halogens is 1. The van der Waals surface area contributed by atoms with Crippen LogP contribution in [-0.4, -0.2) is 12.5 Å². The summed E-state index contributed by atoms with van der Waals surface area (Å²) in [6.07, 6.45) is 0. The third-order valence-corrected chi connectivity index (χ3v) is 2.39. The van der Waals surface area contributed by atoms with E-state index in [-0.39, 0.29) is 0 Å². The third kappa shape index (κ3) is 4.63. The first-order valence-electron chi connectivity index (χ1n) is 5.15. The van der Waals surface area contributed by atoms with Crippen LogP contribution >= 0.6 is 15.9 Å². The summed E-state index contributed by atoms with van der Waals surface area (Å²) >= 11 is 3.38. The lowest BCUT2D eigenvalue weighted by molar-refractivity contribution is 0.663. The van der Waals surface area contributed by atoms with Crippen molar-refractivity contribution in [1.82, 2.24) is 5.43 Å². The summed E-state index contributed by atoms with van der Waals surface area (Å²) in [4.78, 5) is 4.32. The molecule has 0 radical (unpaired) electrons. The summed E-state index contributed by atoms with van der Waals surface area (Å²) in [6, 6.07) is 7.82. The van der Waals surface area contributed by atoms with Gasteiger partial charge < -0.3 is 5.32 Å². The lowest BCUT2D eigenvalue weighted by Crippen LogP contribution is -2.36. The molecule has 0 aromatic heterocycles. The maximum atomic E-state index is 5.38. The smallest absolute Gasteiger partial charge is 0.210 e. The highest BCUT2D eigenvalue weighted by Crippen LogP contribution is 2.13. The molecule has 0 saturated carbocycles.